The molecule has 0 amide bonds. The van der Waals surface area contributed by atoms with E-state index in [9.17, 15) is 0 Å². The van der Waals surface area contributed by atoms with E-state index in [1.54, 1.807) is 13.3 Å². The molecular weight excluding hydrogens is 246 g/mol. The zero-order chi connectivity index (χ0) is 13.0. The second-order valence-corrected chi connectivity index (χ2v) is 4.45. The number of rotatable bonds is 4. The van der Waals surface area contributed by atoms with Gasteiger partial charge in [0, 0.05) is 23.0 Å². The maximum Gasteiger partial charge on any atom is 0.120 e. The van der Waals surface area contributed by atoms with Gasteiger partial charge in [-0.25, -0.2) is 0 Å². The Morgan fingerprint density at radius 3 is 2.61 bits per heavy atom. The molecule has 3 heteroatoms. The van der Waals surface area contributed by atoms with Crippen molar-refractivity contribution in [1.82, 2.24) is 4.98 Å². The summed E-state index contributed by atoms with van der Waals surface area (Å²) in [5.41, 5.74) is 3.22. The minimum Gasteiger partial charge on any atom is -0.497 e. The van der Waals surface area contributed by atoms with Crippen LogP contribution in [0.25, 0.3) is 5.76 Å². The fourth-order valence-corrected chi connectivity index (χ4v) is 1.82. The molecule has 1 aromatic carbocycles. The molecule has 1 aromatic heterocycles. The Labute approximate surface area is 112 Å². The zero-order valence-corrected chi connectivity index (χ0v) is 10.9. The number of ether oxygens (including phenoxy) is 1. The highest BCUT2D eigenvalue weighted by molar-refractivity contribution is 6.30. The molecular formula is C15H14ClNO. The monoisotopic (exact) mass is 259 g/mol. The first-order chi connectivity index (χ1) is 8.69. The van der Waals surface area contributed by atoms with Crippen molar-refractivity contribution < 1.29 is 4.74 Å². The van der Waals surface area contributed by atoms with E-state index in [-0.39, 0.29) is 0 Å². The van der Waals surface area contributed by atoms with Gasteiger partial charge in [0.15, 0.2) is 0 Å². The number of nitrogens with zero attached hydrogens (tertiary/aromatic N) is 1. The maximum atomic E-state index is 5.86. The molecule has 0 aliphatic carbocycles. The molecule has 2 rings (SSSR count). The predicted molar refractivity (Wildman–Crippen MR) is 74.5 cm³/mol. The van der Waals surface area contributed by atoms with Crippen molar-refractivity contribution in [2.24, 2.45) is 0 Å². The van der Waals surface area contributed by atoms with E-state index < -0.39 is 0 Å². The van der Waals surface area contributed by atoms with Crippen LogP contribution in [0.3, 0.4) is 0 Å². The molecule has 0 unspecified atom stereocenters. The number of halogens is 1. The molecule has 1 heterocycles. The summed E-state index contributed by atoms with van der Waals surface area (Å²) in [7, 11) is 1.61. The molecule has 0 radical (unpaired) electrons. The SMILES string of the molecule is C=C(OC)c1cncc(Cc2ccc(Cl)cc2)c1. The first-order valence-corrected chi connectivity index (χ1v) is 5.98. The molecule has 2 nitrogen and oxygen atoms in total. The second-order valence-electron chi connectivity index (χ2n) is 4.01. The van der Waals surface area contributed by atoms with E-state index in [1.165, 1.54) is 5.56 Å². The van der Waals surface area contributed by atoms with Gasteiger partial charge in [0.05, 0.1) is 7.11 Å². The summed E-state index contributed by atoms with van der Waals surface area (Å²) in [6, 6.07) is 9.85. The quantitative estimate of drug-likeness (QED) is 0.776. The lowest BCUT2D eigenvalue weighted by Gasteiger charge is -2.06. The Morgan fingerprint density at radius 2 is 1.94 bits per heavy atom. The molecule has 0 bridgehead atoms. The number of hydrogen-bond acceptors (Lipinski definition) is 2. The van der Waals surface area contributed by atoms with E-state index in [0.717, 1.165) is 22.6 Å². The minimum absolute atomic E-state index is 0.625. The topological polar surface area (TPSA) is 22.1 Å². The molecule has 92 valence electrons. The lowest BCUT2D eigenvalue weighted by molar-refractivity contribution is 0.371. The predicted octanol–water partition coefficient (Wildman–Crippen LogP) is 3.94. The number of hydrogen-bond donors (Lipinski definition) is 0. The van der Waals surface area contributed by atoms with Crippen LogP contribution >= 0.6 is 11.6 Å². The van der Waals surface area contributed by atoms with Crippen molar-refractivity contribution in [2.75, 3.05) is 7.11 Å². The van der Waals surface area contributed by atoms with Crippen LogP contribution in [0.5, 0.6) is 0 Å². The lowest BCUT2D eigenvalue weighted by Crippen LogP contribution is -1.93. The smallest absolute Gasteiger partial charge is 0.120 e. The largest absolute Gasteiger partial charge is 0.497 e. The third-order valence-electron chi connectivity index (χ3n) is 2.68. The van der Waals surface area contributed by atoms with Gasteiger partial charge in [0.2, 0.25) is 0 Å². The van der Waals surface area contributed by atoms with Gasteiger partial charge in [-0.1, -0.05) is 30.3 Å². The van der Waals surface area contributed by atoms with Gasteiger partial charge >= 0.3 is 0 Å². The van der Waals surface area contributed by atoms with Crippen molar-refractivity contribution in [2.45, 2.75) is 6.42 Å². The fourth-order valence-electron chi connectivity index (χ4n) is 1.69. The fraction of sp³-hybridized carbons (Fsp3) is 0.133. The van der Waals surface area contributed by atoms with E-state index >= 15 is 0 Å². The summed E-state index contributed by atoms with van der Waals surface area (Å²) in [4.78, 5) is 4.20. The summed E-state index contributed by atoms with van der Waals surface area (Å²) in [5.74, 6) is 0.625. The van der Waals surface area contributed by atoms with Gasteiger partial charge in [-0.15, -0.1) is 0 Å². The van der Waals surface area contributed by atoms with Gasteiger partial charge in [0.1, 0.15) is 5.76 Å². The number of benzene rings is 1. The van der Waals surface area contributed by atoms with Crippen LogP contribution < -0.4 is 0 Å². The Hall–Kier alpha value is -1.80. The van der Waals surface area contributed by atoms with E-state index in [1.807, 2.05) is 36.5 Å². The number of aromatic nitrogens is 1. The summed E-state index contributed by atoms with van der Waals surface area (Å²) >= 11 is 5.86. The summed E-state index contributed by atoms with van der Waals surface area (Å²) in [6.45, 7) is 3.82. The third-order valence-corrected chi connectivity index (χ3v) is 2.94. The van der Waals surface area contributed by atoms with Crippen LogP contribution in [-0.2, 0) is 11.2 Å². The maximum absolute atomic E-state index is 5.86. The molecule has 0 saturated carbocycles. The van der Waals surface area contributed by atoms with Crippen molar-refractivity contribution in [3.63, 3.8) is 0 Å². The lowest BCUT2D eigenvalue weighted by atomic mass is 10.1. The van der Waals surface area contributed by atoms with Crippen LogP contribution in [-0.4, -0.2) is 12.1 Å². The second kappa shape index (κ2) is 5.69. The average Bonchev–Trinajstić information content (AvgIpc) is 2.41. The highest BCUT2D eigenvalue weighted by atomic mass is 35.5. The van der Waals surface area contributed by atoms with Gasteiger partial charge in [-0.2, -0.15) is 0 Å². The summed E-state index contributed by atoms with van der Waals surface area (Å²) in [6.07, 6.45) is 4.41. The summed E-state index contributed by atoms with van der Waals surface area (Å²) < 4.78 is 5.11. The molecule has 0 fully saturated rings. The standard InChI is InChI=1S/C15H14ClNO/c1-11(18-2)14-8-13(9-17-10-14)7-12-3-5-15(16)6-4-12/h3-6,8-10H,1,7H2,2H3. The van der Waals surface area contributed by atoms with Gasteiger partial charge < -0.3 is 4.74 Å². The molecule has 0 N–H and O–H groups in total. The Balaban J connectivity index is 2.19. The molecule has 0 atom stereocenters. The Bertz CT molecular complexity index is 549. The Kier molecular flexibility index (Phi) is 4.00. The first-order valence-electron chi connectivity index (χ1n) is 5.60. The molecule has 2 aromatic rings. The van der Waals surface area contributed by atoms with Crippen molar-refractivity contribution in [1.29, 1.82) is 0 Å². The highest BCUT2D eigenvalue weighted by Crippen LogP contribution is 2.17. The average molecular weight is 260 g/mol. The highest BCUT2D eigenvalue weighted by Gasteiger charge is 2.02. The molecule has 0 spiro atoms. The van der Waals surface area contributed by atoms with Crippen molar-refractivity contribution >= 4 is 17.4 Å². The van der Waals surface area contributed by atoms with Crippen LogP contribution in [0.15, 0.2) is 49.3 Å². The Morgan fingerprint density at radius 1 is 1.22 bits per heavy atom. The van der Waals surface area contributed by atoms with Crippen LogP contribution in [0.2, 0.25) is 5.02 Å². The normalized spacial score (nSPS) is 10.1. The van der Waals surface area contributed by atoms with Crippen LogP contribution in [0.1, 0.15) is 16.7 Å². The molecule has 18 heavy (non-hydrogen) atoms. The molecule has 0 aliphatic heterocycles. The zero-order valence-electron chi connectivity index (χ0n) is 10.2. The van der Waals surface area contributed by atoms with E-state index in [0.29, 0.717) is 5.76 Å². The van der Waals surface area contributed by atoms with Crippen LogP contribution in [0.4, 0.5) is 0 Å². The third kappa shape index (κ3) is 3.11. The van der Waals surface area contributed by atoms with Crippen molar-refractivity contribution in [3.05, 3.63) is 71.0 Å². The van der Waals surface area contributed by atoms with Crippen LogP contribution in [0, 0.1) is 0 Å². The minimum atomic E-state index is 0.625. The van der Waals surface area contributed by atoms with Gasteiger partial charge in [0.25, 0.3) is 0 Å². The molecule has 0 saturated heterocycles. The van der Waals surface area contributed by atoms with Crippen molar-refractivity contribution in [3.8, 4) is 0 Å². The van der Waals surface area contributed by atoms with E-state index in [2.05, 4.69) is 11.6 Å². The van der Waals surface area contributed by atoms with Gasteiger partial charge in [-0.3, -0.25) is 4.98 Å². The number of methoxy groups -OCH3 is 1. The molecule has 0 aliphatic rings. The van der Waals surface area contributed by atoms with E-state index in [4.69, 9.17) is 16.3 Å². The first kappa shape index (κ1) is 12.7. The number of pyridine rings is 1. The summed E-state index contributed by atoms with van der Waals surface area (Å²) in [5, 5.41) is 0.749. The van der Waals surface area contributed by atoms with Gasteiger partial charge in [-0.05, 0) is 35.7 Å².